The molecule has 3 N–H and O–H groups in total. The van der Waals surface area contributed by atoms with Crippen molar-refractivity contribution in [2.24, 2.45) is 0 Å². The SMILES string of the molecule is Cc1cc(N)nc(-c2ncc3c(N(C)[C@@H]4CCNC4)nc(OC[C@@]45CCCN4C[C@H](F)C5)nc3c2F)c1C. The first-order valence-electron chi connectivity index (χ1n) is 13.3. The summed E-state index contributed by atoms with van der Waals surface area (Å²) in [7, 11) is 1.95. The van der Waals surface area contributed by atoms with Crippen molar-refractivity contribution in [3.63, 3.8) is 0 Å². The standard InChI is InChI=1S/C27H34F2N8O/c1-15-9-20(30)33-22(16(15)2)24-21(29)23-19(12-32-24)25(36(3)18-5-7-31-11-18)35-26(34-23)38-14-27-6-4-8-37(27)13-17(28)10-27/h9,12,17-18,31H,4-8,10-11,13-14H2,1-3H3,(H2,30,33)/t17-,18-,27+/m1/s1. The van der Waals surface area contributed by atoms with Crippen molar-refractivity contribution >= 4 is 22.5 Å². The zero-order valence-electron chi connectivity index (χ0n) is 22.1. The Labute approximate surface area is 220 Å². The van der Waals surface area contributed by atoms with Crippen LogP contribution in [-0.2, 0) is 0 Å². The van der Waals surface area contributed by atoms with Crippen LogP contribution in [0.4, 0.5) is 20.4 Å². The molecular weight excluding hydrogens is 490 g/mol. The molecule has 0 saturated carbocycles. The summed E-state index contributed by atoms with van der Waals surface area (Å²) in [5.74, 6) is 0.258. The van der Waals surface area contributed by atoms with Crippen LogP contribution < -0.4 is 20.7 Å². The maximum Gasteiger partial charge on any atom is 0.319 e. The summed E-state index contributed by atoms with van der Waals surface area (Å²) in [6, 6.07) is 2.03. The van der Waals surface area contributed by atoms with Crippen LogP contribution in [0.1, 0.15) is 36.8 Å². The lowest BCUT2D eigenvalue weighted by atomic mass is 9.95. The van der Waals surface area contributed by atoms with E-state index >= 15 is 4.39 Å². The number of nitrogen functional groups attached to an aromatic ring is 1. The van der Waals surface area contributed by atoms with Crippen LogP contribution in [0.15, 0.2) is 12.3 Å². The number of hydrogen-bond acceptors (Lipinski definition) is 9. The van der Waals surface area contributed by atoms with Gasteiger partial charge in [0.1, 0.15) is 35.6 Å². The predicted octanol–water partition coefficient (Wildman–Crippen LogP) is 3.18. The number of alkyl halides is 1. The summed E-state index contributed by atoms with van der Waals surface area (Å²) in [5, 5.41) is 3.86. The third-order valence-corrected chi connectivity index (χ3v) is 8.57. The van der Waals surface area contributed by atoms with Crippen molar-refractivity contribution in [3.8, 4) is 17.4 Å². The molecule has 3 aromatic heterocycles. The van der Waals surface area contributed by atoms with Gasteiger partial charge in [-0.1, -0.05) is 0 Å². The van der Waals surface area contributed by atoms with Gasteiger partial charge in [0.25, 0.3) is 0 Å². The number of aromatic nitrogens is 4. The van der Waals surface area contributed by atoms with Gasteiger partial charge >= 0.3 is 6.01 Å². The lowest BCUT2D eigenvalue weighted by Crippen LogP contribution is -2.43. The summed E-state index contributed by atoms with van der Waals surface area (Å²) in [6.07, 6.45) is 3.98. The number of nitrogens with two attached hydrogens (primary N) is 1. The third kappa shape index (κ3) is 4.21. The van der Waals surface area contributed by atoms with Gasteiger partial charge in [-0.25, -0.2) is 13.8 Å². The molecule has 3 aromatic rings. The number of ether oxygens (including phenoxy) is 1. The monoisotopic (exact) mass is 524 g/mol. The molecule has 3 atom stereocenters. The molecule has 3 aliphatic heterocycles. The molecule has 6 rings (SSSR count). The highest BCUT2D eigenvalue weighted by atomic mass is 19.1. The van der Waals surface area contributed by atoms with E-state index in [-0.39, 0.29) is 35.4 Å². The van der Waals surface area contributed by atoms with E-state index in [0.29, 0.717) is 35.7 Å². The van der Waals surface area contributed by atoms with Gasteiger partial charge in [0.2, 0.25) is 0 Å². The molecule has 6 heterocycles. The molecule has 0 aromatic carbocycles. The predicted molar refractivity (Wildman–Crippen MR) is 143 cm³/mol. The van der Waals surface area contributed by atoms with E-state index in [2.05, 4.69) is 25.2 Å². The Hall–Kier alpha value is -3.18. The first kappa shape index (κ1) is 25.1. The normalized spacial score (nSPS) is 25.3. The second-order valence-electron chi connectivity index (χ2n) is 11.0. The van der Waals surface area contributed by atoms with Crippen LogP contribution in [0, 0.1) is 19.7 Å². The number of pyridine rings is 2. The zero-order valence-corrected chi connectivity index (χ0v) is 22.1. The second-order valence-corrected chi connectivity index (χ2v) is 11.0. The number of rotatable bonds is 6. The molecule has 3 saturated heterocycles. The molecule has 0 unspecified atom stereocenters. The van der Waals surface area contributed by atoms with Crippen molar-refractivity contribution < 1.29 is 13.5 Å². The van der Waals surface area contributed by atoms with Crippen LogP contribution in [0.5, 0.6) is 6.01 Å². The molecule has 3 fully saturated rings. The van der Waals surface area contributed by atoms with Crippen molar-refractivity contribution in [1.82, 2.24) is 30.2 Å². The average Bonchev–Trinajstić information content (AvgIpc) is 3.61. The molecule has 11 heteroatoms. The van der Waals surface area contributed by atoms with Crippen LogP contribution in [0.25, 0.3) is 22.3 Å². The molecule has 202 valence electrons. The molecule has 9 nitrogen and oxygen atoms in total. The Morgan fingerprint density at radius 1 is 1.26 bits per heavy atom. The average molecular weight is 525 g/mol. The van der Waals surface area contributed by atoms with Gasteiger partial charge in [0, 0.05) is 38.8 Å². The Morgan fingerprint density at radius 2 is 2.11 bits per heavy atom. The van der Waals surface area contributed by atoms with Gasteiger partial charge in [-0.2, -0.15) is 9.97 Å². The number of nitrogens with zero attached hydrogens (tertiary/aromatic N) is 6. The first-order valence-corrected chi connectivity index (χ1v) is 13.3. The van der Waals surface area contributed by atoms with E-state index in [9.17, 15) is 4.39 Å². The summed E-state index contributed by atoms with van der Waals surface area (Å²) < 4.78 is 36.7. The fourth-order valence-electron chi connectivity index (χ4n) is 6.30. The molecule has 38 heavy (non-hydrogen) atoms. The van der Waals surface area contributed by atoms with Crippen molar-refractivity contribution in [2.45, 2.75) is 57.3 Å². The van der Waals surface area contributed by atoms with Crippen molar-refractivity contribution in [2.75, 3.05) is 50.5 Å². The van der Waals surface area contributed by atoms with E-state index < -0.39 is 12.0 Å². The van der Waals surface area contributed by atoms with Crippen molar-refractivity contribution in [1.29, 1.82) is 0 Å². The third-order valence-electron chi connectivity index (χ3n) is 8.57. The number of fused-ring (bicyclic) bond motifs is 2. The zero-order chi connectivity index (χ0) is 26.6. The number of nitrogens with one attached hydrogen (secondary N) is 1. The number of aryl methyl sites for hydroxylation is 1. The lowest BCUT2D eigenvalue weighted by molar-refractivity contribution is 0.107. The van der Waals surface area contributed by atoms with Gasteiger partial charge < -0.3 is 20.7 Å². The highest BCUT2D eigenvalue weighted by Crippen LogP contribution is 2.41. The van der Waals surface area contributed by atoms with Gasteiger partial charge in [-0.3, -0.25) is 9.88 Å². The molecular formula is C27H34F2N8O. The number of halogens is 2. The second kappa shape index (κ2) is 9.53. The van der Waals surface area contributed by atoms with E-state index in [1.165, 1.54) is 0 Å². The topological polar surface area (TPSA) is 105 Å². The van der Waals surface area contributed by atoms with E-state index in [4.69, 9.17) is 15.5 Å². The largest absolute Gasteiger partial charge is 0.461 e. The fraction of sp³-hybridized carbons (Fsp3) is 0.556. The summed E-state index contributed by atoms with van der Waals surface area (Å²) >= 11 is 0. The summed E-state index contributed by atoms with van der Waals surface area (Å²) in [4.78, 5) is 22.3. The quantitative estimate of drug-likeness (QED) is 0.503. The minimum absolute atomic E-state index is 0.0818. The fourth-order valence-corrected chi connectivity index (χ4v) is 6.30. The molecule has 0 amide bonds. The van der Waals surface area contributed by atoms with Crippen molar-refractivity contribution in [3.05, 3.63) is 29.2 Å². The molecule has 3 aliphatic rings. The smallest absolute Gasteiger partial charge is 0.319 e. The number of anilines is 2. The van der Waals surface area contributed by atoms with E-state index in [1.54, 1.807) is 12.3 Å². The van der Waals surface area contributed by atoms with Gasteiger partial charge in [-0.15, -0.1) is 0 Å². The number of likely N-dealkylation sites (N-methyl/N-ethyl adjacent to an activating group) is 1. The number of hydrogen-bond donors (Lipinski definition) is 2. The maximum atomic E-state index is 16.2. The van der Waals surface area contributed by atoms with E-state index in [0.717, 1.165) is 50.0 Å². The first-order chi connectivity index (χ1) is 18.3. The Kier molecular flexibility index (Phi) is 6.30. The summed E-state index contributed by atoms with van der Waals surface area (Å²) in [6.45, 7) is 7.04. The molecule has 0 spiro atoms. The van der Waals surface area contributed by atoms with E-state index in [1.807, 2.05) is 25.8 Å². The molecule has 0 aliphatic carbocycles. The van der Waals surface area contributed by atoms with Gasteiger partial charge in [0.15, 0.2) is 5.82 Å². The Bertz CT molecular complexity index is 1380. The van der Waals surface area contributed by atoms with Crippen LogP contribution in [0.3, 0.4) is 0 Å². The Balaban J connectivity index is 1.44. The minimum Gasteiger partial charge on any atom is -0.461 e. The van der Waals surface area contributed by atoms with Gasteiger partial charge in [0.05, 0.1) is 16.6 Å². The molecule has 0 radical (unpaired) electrons. The van der Waals surface area contributed by atoms with Crippen LogP contribution in [0.2, 0.25) is 0 Å². The van der Waals surface area contributed by atoms with Crippen LogP contribution in [-0.4, -0.2) is 82.4 Å². The highest BCUT2D eigenvalue weighted by Gasteiger charge is 2.49. The van der Waals surface area contributed by atoms with Gasteiger partial charge in [-0.05, 0) is 63.4 Å². The minimum atomic E-state index is -0.864. The molecule has 0 bridgehead atoms. The highest BCUT2D eigenvalue weighted by molar-refractivity contribution is 5.92. The van der Waals surface area contributed by atoms with Crippen LogP contribution >= 0.6 is 0 Å². The lowest BCUT2D eigenvalue weighted by Gasteiger charge is -2.31. The Morgan fingerprint density at radius 3 is 2.89 bits per heavy atom. The summed E-state index contributed by atoms with van der Waals surface area (Å²) in [5.41, 5.74) is 7.91. The maximum absolute atomic E-state index is 16.2.